The number of unbranched alkanes of at least 4 members (excludes halogenated alkanes) is 2. The summed E-state index contributed by atoms with van der Waals surface area (Å²) in [5, 5.41) is 0. The topological polar surface area (TPSA) is 112 Å². The molecule has 10 heteroatoms. The van der Waals surface area contributed by atoms with Crippen LogP contribution in [0.3, 0.4) is 0 Å². The number of benzene rings is 1. The van der Waals surface area contributed by atoms with E-state index in [4.69, 9.17) is 18.9 Å². The maximum absolute atomic E-state index is 13.8. The van der Waals surface area contributed by atoms with Gasteiger partial charge in [0.25, 0.3) is 0 Å². The first-order valence-electron chi connectivity index (χ1n) is 19.7. The molecule has 3 aliphatic rings. The van der Waals surface area contributed by atoms with Crippen molar-refractivity contribution in [3.63, 3.8) is 0 Å². The molecule has 2 unspecified atom stereocenters. The van der Waals surface area contributed by atoms with Gasteiger partial charge < -0.3 is 28.7 Å². The number of carbonyl (C=O) groups excluding carboxylic acids is 4. The number of rotatable bonds is 12. The monoisotopic (exact) mass is 736 g/mol. The van der Waals surface area contributed by atoms with Crippen LogP contribution < -0.4 is 9.47 Å². The lowest BCUT2D eigenvalue weighted by Gasteiger charge is -2.32. The second-order valence-electron chi connectivity index (χ2n) is 17.5. The summed E-state index contributed by atoms with van der Waals surface area (Å²) >= 11 is 0. The van der Waals surface area contributed by atoms with Crippen LogP contribution in [0.2, 0.25) is 0 Å². The number of hydrogen-bond donors (Lipinski definition) is 0. The summed E-state index contributed by atoms with van der Waals surface area (Å²) in [6.45, 7) is 23.5. The second kappa shape index (κ2) is 18.0. The fourth-order valence-corrected chi connectivity index (χ4v) is 7.57. The van der Waals surface area contributed by atoms with E-state index in [0.29, 0.717) is 56.1 Å². The van der Waals surface area contributed by atoms with E-state index in [2.05, 4.69) is 26.5 Å². The molecule has 0 spiro atoms. The van der Waals surface area contributed by atoms with Crippen molar-refractivity contribution in [2.75, 3.05) is 26.2 Å². The Bertz CT molecular complexity index is 1450. The molecule has 2 heterocycles. The largest absolute Gasteiger partial charge is 0.444 e. The standard InChI is InChI=1S/C43H64N2O8/c1-11-12-13-14-30-22-35(50-37(46)24-31-17-19-44(26-31)40(48)52-42(5,6)7)39(34-21-29(4)15-16-33(34)28(2)3)36(23-30)51-38(47)25-32-18-20-45(27-32)41(49)53-43(8,9)10/h21-23,31-34H,2,11-20,24-27H2,1,3-10H3/t31?,32?,33-,34+/m0/s1. The zero-order valence-corrected chi connectivity index (χ0v) is 33.8. The molecule has 2 fully saturated rings. The van der Waals surface area contributed by atoms with Crippen LogP contribution in [0, 0.1) is 17.8 Å². The van der Waals surface area contributed by atoms with Gasteiger partial charge in [0, 0.05) is 37.7 Å². The lowest BCUT2D eigenvalue weighted by atomic mass is 9.73. The molecule has 0 radical (unpaired) electrons. The summed E-state index contributed by atoms with van der Waals surface area (Å²) in [5.74, 6) is -0.219. The fraction of sp³-hybridized carbons (Fsp3) is 0.674. The van der Waals surface area contributed by atoms with Crippen molar-refractivity contribution in [2.24, 2.45) is 17.8 Å². The van der Waals surface area contributed by atoms with Gasteiger partial charge in [0.1, 0.15) is 22.7 Å². The Kier molecular flexibility index (Phi) is 14.2. The molecule has 0 bridgehead atoms. The third-order valence-corrected chi connectivity index (χ3v) is 10.2. The van der Waals surface area contributed by atoms with Crippen LogP contribution in [0.25, 0.3) is 0 Å². The first kappa shape index (κ1) is 41.9. The van der Waals surface area contributed by atoms with E-state index in [-0.39, 0.29) is 60.6 Å². The van der Waals surface area contributed by atoms with Gasteiger partial charge in [-0.1, -0.05) is 43.6 Å². The third kappa shape index (κ3) is 12.6. The molecule has 53 heavy (non-hydrogen) atoms. The van der Waals surface area contributed by atoms with Gasteiger partial charge in [0.05, 0.1) is 12.8 Å². The SMILES string of the molecule is C=C(C)[C@@H]1CCC(C)=C[C@H]1c1c(OC(=O)CC2CCN(C(=O)OC(C)(C)C)C2)cc(CCCCC)cc1OC(=O)CC1CCN(C(=O)OC(C)(C)C)C1. The van der Waals surface area contributed by atoms with Gasteiger partial charge in [-0.2, -0.15) is 0 Å². The normalized spacial score (nSPS) is 21.9. The maximum Gasteiger partial charge on any atom is 0.410 e. The van der Waals surface area contributed by atoms with E-state index in [0.717, 1.165) is 49.7 Å². The Balaban J connectivity index is 1.62. The molecular formula is C43H64N2O8. The highest BCUT2D eigenvalue weighted by molar-refractivity contribution is 5.77. The molecule has 2 saturated heterocycles. The summed E-state index contributed by atoms with van der Waals surface area (Å²) in [5.41, 5.74) is 2.65. The van der Waals surface area contributed by atoms with Gasteiger partial charge >= 0.3 is 24.1 Å². The van der Waals surface area contributed by atoms with Gasteiger partial charge in [-0.3, -0.25) is 9.59 Å². The first-order chi connectivity index (χ1) is 24.8. The number of esters is 2. The quantitative estimate of drug-likeness (QED) is 0.0903. The van der Waals surface area contributed by atoms with Gasteiger partial charge in [0.2, 0.25) is 0 Å². The van der Waals surface area contributed by atoms with E-state index < -0.39 is 11.2 Å². The van der Waals surface area contributed by atoms with E-state index in [1.807, 2.05) is 60.6 Å². The van der Waals surface area contributed by atoms with Crippen molar-refractivity contribution in [1.82, 2.24) is 9.80 Å². The molecule has 2 aliphatic heterocycles. The molecule has 1 aliphatic carbocycles. The number of hydrogen-bond acceptors (Lipinski definition) is 8. The molecule has 10 nitrogen and oxygen atoms in total. The molecule has 1 aromatic rings. The van der Waals surface area contributed by atoms with Crippen LogP contribution in [-0.2, 0) is 25.5 Å². The highest BCUT2D eigenvalue weighted by atomic mass is 16.6. The second-order valence-corrected chi connectivity index (χ2v) is 17.5. The number of aryl methyl sites for hydroxylation is 1. The Hall–Kier alpha value is -3.82. The minimum atomic E-state index is -0.598. The van der Waals surface area contributed by atoms with Crippen molar-refractivity contribution in [2.45, 2.75) is 144 Å². The van der Waals surface area contributed by atoms with Gasteiger partial charge in [0.15, 0.2) is 0 Å². The van der Waals surface area contributed by atoms with Crippen molar-refractivity contribution in [3.05, 3.63) is 47.1 Å². The van der Waals surface area contributed by atoms with Gasteiger partial charge in [-0.25, -0.2) is 9.59 Å². The predicted molar refractivity (Wildman–Crippen MR) is 206 cm³/mol. The molecule has 4 rings (SSSR count). The summed E-state index contributed by atoms with van der Waals surface area (Å²) < 4.78 is 23.7. The predicted octanol–water partition coefficient (Wildman–Crippen LogP) is 9.54. The molecule has 4 atom stereocenters. The van der Waals surface area contributed by atoms with E-state index in [1.165, 1.54) is 5.57 Å². The fourth-order valence-electron chi connectivity index (χ4n) is 7.57. The number of carbonyl (C=O) groups is 4. The lowest BCUT2D eigenvalue weighted by molar-refractivity contribution is -0.135. The molecular weight excluding hydrogens is 672 g/mol. The van der Waals surface area contributed by atoms with Crippen LogP contribution in [-0.4, -0.2) is 71.3 Å². The van der Waals surface area contributed by atoms with Crippen molar-refractivity contribution in [1.29, 1.82) is 0 Å². The van der Waals surface area contributed by atoms with E-state index in [1.54, 1.807) is 9.80 Å². The zero-order valence-electron chi connectivity index (χ0n) is 33.8. The number of amides is 2. The Morgan fingerprint density at radius 2 is 1.28 bits per heavy atom. The number of allylic oxidation sites excluding steroid dienone is 3. The van der Waals surface area contributed by atoms with Crippen LogP contribution >= 0.6 is 0 Å². The van der Waals surface area contributed by atoms with E-state index >= 15 is 0 Å². The number of ether oxygens (including phenoxy) is 4. The number of likely N-dealkylation sites (tertiary alicyclic amines) is 2. The van der Waals surface area contributed by atoms with Crippen LogP contribution in [0.5, 0.6) is 11.5 Å². The van der Waals surface area contributed by atoms with Crippen LogP contribution in [0.4, 0.5) is 9.59 Å². The van der Waals surface area contributed by atoms with Crippen molar-refractivity contribution in [3.8, 4) is 11.5 Å². The minimum Gasteiger partial charge on any atom is -0.444 e. The lowest BCUT2D eigenvalue weighted by Crippen LogP contribution is -2.35. The Morgan fingerprint density at radius 3 is 1.72 bits per heavy atom. The molecule has 0 aromatic heterocycles. The summed E-state index contributed by atoms with van der Waals surface area (Å²) in [6, 6.07) is 3.90. The zero-order chi connectivity index (χ0) is 39.1. The third-order valence-electron chi connectivity index (χ3n) is 10.2. The van der Waals surface area contributed by atoms with Crippen molar-refractivity contribution < 1.29 is 38.1 Å². The molecule has 0 saturated carbocycles. The highest BCUT2D eigenvalue weighted by Gasteiger charge is 2.36. The highest BCUT2D eigenvalue weighted by Crippen LogP contribution is 2.48. The Morgan fingerprint density at radius 1 is 0.792 bits per heavy atom. The van der Waals surface area contributed by atoms with E-state index in [9.17, 15) is 19.2 Å². The molecule has 0 N–H and O–H groups in total. The Labute approximate surface area is 317 Å². The molecule has 2 amide bonds. The molecule has 1 aromatic carbocycles. The minimum absolute atomic E-state index is 0.0600. The summed E-state index contributed by atoms with van der Waals surface area (Å²) in [7, 11) is 0. The number of nitrogens with zero attached hydrogens (tertiary/aromatic N) is 2. The van der Waals surface area contributed by atoms with Crippen LogP contribution in [0.1, 0.15) is 137 Å². The van der Waals surface area contributed by atoms with Crippen molar-refractivity contribution >= 4 is 24.1 Å². The van der Waals surface area contributed by atoms with Crippen LogP contribution in [0.15, 0.2) is 35.9 Å². The summed E-state index contributed by atoms with van der Waals surface area (Å²) in [4.78, 5) is 56.2. The summed E-state index contributed by atoms with van der Waals surface area (Å²) in [6.07, 6.45) is 8.70. The van der Waals surface area contributed by atoms with Gasteiger partial charge in [-0.15, -0.1) is 0 Å². The van der Waals surface area contributed by atoms with Gasteiger partial charge in [-0.05, 0) is 129 Å². The average Bonchev–Trinajstić information content (AvgIpc) is 3.69. The maximum atomic E-state index is 13.8. The average molecular weight is 737 g/mol. The molecule has 294 valence electrons. The smallest absolute Gasteiger partial charge is 0.410 e. The first-order valence-corrected chi connectivity index (χ1v) is 19.7.